The quantitative estimate of drug-likeness (QED) is 0.476. The average molecular weight is 115 g/mol. The molecule has 4 nitrogen and oxygen atoms in total. The lowest BCUT2D eigenvalue weighted by molar-refractivity contribution is 0.324. The van der Waals surface area contributed by atoms with Crippen molar-refractivity contribution in [2.75, 3.05) is 7.11 Å². The van der Waals surface area contributed by atoms with Crippen molar-refractivity contribution in [2.45, 2.75) is 0 Å². The lowest BCUT2D eigenvalue weighted by Crippen LogP contribution is -1.96. The van der Waals surface area contributed by atoms with Gasteiger partial charge >= 0.3 is 10.4 Å². The summed E-state index contributed by atoms with van der Waals surface area (Å²) in [5, 5.41) is 0. The highest BCUT2D eigenvalue weighted by Crippen LogP contribution is 1.74. The first kappa shape index (κ1) is 5.87. The largest absolute Gasteiger partial charge is 0.397 e. The molecule has 0 spiro atoms. The Morgan fingerprint density at radius 2 is 2.00 bits per heavy atom. The van der Waals surface area contributed by atoms with Crippen LogP contribution in [0.1, 0.15) is 1.43 Å². The van der Waals surface area contributed by atoms with Gasteiger partial charge in [-0.25, -0.2) is 0 Å². The van der Waals surface area contributed by atoms with Crippen molar-refractivity contribution in [2.24, 2.45) is 0 Å². The maximum Gasteiger partial charge on any atom is 0.397 e. The summed E-state index contributed by atoms with van der Waals surface area (Å²) in [6.07, 6.45) is 0. The molecule has 0 aliphatic rings. The summed E-state index contributed by atoms with van der Waals surface area (Å²) in [7, 11) is -3.29. The third-order valence-corrected chi connectivity index (χ3v) is 0.632. The fourth-order valence-corrected chi connectivity index (χ4v) is 0. The first-order valence-electron chi connectivity index (χ1n) is 1.09. The van der Waals surface area contributed by atoms with Gasteiger partial charge in [0.25, 0.3) is 0 Å². The number of hydrogen-bond donors (Lipinski definition) is 1. The lowest BCUT2D eigenvalue weighted by Gasteiger charge is -1.82. The molecule has 0 radical (unpaired) electrons. The molecule has 0 fully saturated rings. The van der Waals surface area contributed by atoms with Crippen LogP contribution in [0.2, 0.25) is 0 Å². The highest BCUT2D eigenvalue weighted by Gasteiger charge is 1.93. The smallest absolute Gasteiger partial charge is 0.264 e. The van der Waals surface area contributed by atoms with E-state index in [0.717, 1.165) is 7.11 Å². The van der Waals surface area contributed by atoms with Crippen molar-refractivity contribution in [3.8, 4) is 0 Å². The van der Waals surface area contributed by atoms with Crippen molar-refractivity contribution in [3.05, 3.63) is 0 Å². The molecule has 0 aromatic rings. The lowest BCUT2D eigenvalue weighted by atomic mass is 11.8. The molecule has 0 saturated heterocycles. The maximum absolute atomic E-state index is 9.33. The van der Waals surface area contributed by atoms with Crippen LogP contribution >= 0.6 is 0 Å². The zero-order chi connectivity index (χ0) is 5.21. The second-order valence-corrected chi connectivity index (χ2v) is 1.78. The highest BCUT2D eigenvalue weighted by molar-refractivity contribution is 7.80. The molecule has 0 aromatic heterocycles. The zero-order valence-electron chi connectivity index (χ0n) is 3.08. The van der Waals surface area contributed by atoms with Gasteiger partial charge in [-0.1, -0.05) is 0 Å². The third-order valence-electron chi connectivity index (χ3n) is 0.211. The Morgan fingerprint density at radius 1 is 1.83 bits per heavy atom. The molecule has 40 valence electrons. The molecule has 0 aliphatic heterocycles. The van der Waals surface area contributed by atoms with Crippen LogP contribution in [0.15, 0.2) is 0 Å². The fourth-order valence-electron chi connectivity index (χ4n) is 0. The Morgan fingerprint density at radius 3 is 2.00 bits per heavy atom. The standard InChI is InChI=1S/CH4O4S.H2/c1-5-6(2,3)4;/h1H3,(H,2,3,4);1H/i;1+1. The highest BCUT2D eigenvalue weighted by atomic mass is 32.3. The van der Waals surface area contributed by atoms with Crippen molar-refractivity contribution in [3.63, 3.8) is 0 Å². The van der Waals surface area contributed by atoms with Crippen molar-refractivity contribution < 1.29 is 18.6 Å². The first-order chi connectivity index (χ1) is 2.56. The van der Waals surface area contributed by atoms with Crippen LogP contribution in [-0.2, 0) is 14.6 Å². The van der Waals surface area contributed by atoms with E-state index in [0.29, 0.717) is 0 Å². The van der Waals surface area contributed by atoms with Crippen LogP contribution in [-0.4, -0.2) is 20.1 Å². The monoisotopic (exact) mass is 115 g/mol. The Kier molecular flexibility index (Phi) is 1.51. The summed E-state index contributed by atoms with van der Waals surface area (Å²) in [4.78, 5) is 0. The van der Waals surface area contributed by atoms with Crippen LogP contribution in [0, 0.1) is 0 Å². The summed E-state index contributed by atoms with van der Waals surface area (Å²) in [5.41, 5.74) is 0. The van der Waals surface area contributed by atoms with E-state index >= 15 is 0 Å². The molecule has 1 N–H and O–H groups in total. The van der Waals surface area contributed by atoms with Gasteiger partial charge in [0.05, 0.1) is 7.11 Å². The fraction of sp³-hybridized carbons (Fsp3) is 1.00. The molecular weight excluding hydrogens is 108 g/mol. The predicted octanol–water partition coefficient (Wildman–Crippen LogP) is -0.318. The van der Waals surface area contributed by atoms with E-state index in [1.165, 1.54) is 0 Å². The van der Waals surface area contributed by atoms with Crippen LogP contribution in [0.25, 0.3) is 0 Å². The summed E-state index contributed by atoms with van der Waals surface area (Å²) >= 11 is 0. The van der Waals surface area contributed by atoms with Crippen molar-refractivity contribution in [1.29, 1.82) is 0 Å². The summed E-state index contributed by atoms with van der Waals surface area (Å²) in [6, 6.07) is 0. The molecule has 5 heteroatoms. The van der Waals surface area contributed by atoms with Gasteiger partial charge in [-0.15, -0.1) is 0 Å². The van der Waals surface area contributed by atoms with Crippen LogP contribution in [0.4, 0.5) is 0 Å². The van der Waals surface area contributed by atoms with Gasteiger partial charge in [0.2, 0.25) is 0 Å². The third kappa shape index (κ3) is 3.87. The molecule has 0 amide bonds. The van der Waals surface area contributed by atoms with E-state index in [1.54, 1.807) is 0 Å². The first-order valence-corrected chi connectivity index (χ1v) is 2.46. The molecule has 0 aliphatic carbocycles. The SMILES string of the molecule is COS(=O)(=O)O.[2HH]. The van der Waals surface area contributed by atoms with Gasteiger partial charge in [-0.3, -0.25) is 8.74 Å². The van der Waals surface area contributed by atoms with E-state index in [2.05, 4.69) is 4.18 Å². The predicted molar refractivity (Wildman–Crippen MR) is 20.7 cm³/mol. The van der Waals surface area contributed by atoms with Crippen LogP contribution in [0.3, 0.4) is 0 Å². The average Bonchev–Trinajstić information content (AvgIpc) is 1.35. The minimum absolute atomic E-state index is 0. The van der Waals surface area contributed by atoms with Gasteiger partial charge in [-0.2, -0.15) is 8.42 Å². The second kappa shape index (κ2) is 1.55. The molecule has 0 unspecified atom stereocenters. The minimum atomic E-state index is -4.16. The Bertz CT molecular complexity index is 114. The molecule has 0 bridgehead atoms. The maximum atomic E-state index is 9.33. The number of rotatable bonds is 1. The van der Waals surface area contributed by atoms with E-state index in [1.807, 2.05) is 0 Å². The molecule has 6 heavy (non-hydrogen) atoms. The molecule has 0 saturated carbocycles. The van der Waals surface area contributed by atoms with E-state index in [4.69, 9.17) is 4.55 Å². The van der Waals surface area contributed by atoms with Crippen molar-refractivity contribution in [1.82, 2.24) is 0 Å². The van der Waals surface area contributed by atoms with Gasteiger partial charge in [0.15, 0.2) is 0 Å². The molecule has 0 aromatic carbocycles. The minimum Gasteiger partial charge on any atom is -0.264 e. The summed E-state index contributed by atoms with van der Waals surface area (Å²) in [6.45, 7) is 0. The molecule has 0 atom stereocenters. The van der Waals surface area contributed by atoms with Crippen LogP contribution in [0.5, 0.6) is 0 Å². The Labute approximate surface area is 37.2 Å². The summed E-state index contributed by atoms with van der Waals surface area (Å²) in [5.74, 6) is 0. The Hall–Kier alpha value is -0.130. The number of hydrogen-bond acceptors (Lipinski definition) is 3. The van der Waals surface area contributed by atoms with Gasteiger partial charge in [-0.05, 0) is 0 Å². The van der Waals surface area contributed by atoms with Gasteiger partial charge in [0, 0.05) is 1.43 Å². The Balaban J connectivity index is 0. The molecule has 0 rings (SSSR count). The van der Waals surface area contributed by atoms with E-state index < -0.39 is 10.4 Å². The van der Waals surface area contributed by atoms with Crippen LogP contribution < -0.4 is 0 Å². The normalized spacial score (nSPS) is 11.7. The topological polar surface area (TPSA) is 63.6 Å². The van der Waals surface area contributed by atoms with Gasteiger partial charge in [0.1, 0.15) is 0 Å². The van der Waals surface area contributed by atoms with E-state index in [9.17, 15) is 8.42 Å². The van der Waals surface area contributed by atoms with Gasteiger partial charge < -0.3 is 0 Å². The molecule has 0 heterocycles. The summed E-state index contributed by atoms with van der Waals surface area (Å²) < 4.78 is 29.7. The van der Waals surface area contributed by atoms with E-state index in [-0.39, 0.29) is 1.43 Å². The van der Waals surface area contributed by atoms with Crippen molar-refractivity contribution >= 4 is 10.4 Å². The second-order valence-electron chi connectivity index (χ2n) is 0.594. The molecular formula is CH6O4S. The zero-order valence-corrected chi connectivity index (χ0v) is 3.90.